The molecule has 0 aromatic heterocycles. The van der Waals surface area contributed by atoms with Gasteiger partial charge in [0.2, 0.25) is 0 Å². The zero-order valence-electron chi connectivity index (χ0n) is 12.1. The van der Waals surface area contributed by atoms with E-state index < -0.39 is 0 Å². The van der Waals surface area contributed by atoms with E-state index in [4.69, 9.17) is 0 Å². The van der Waals surface area contributed by atoms with Crippen molar-refractivity contribution in [3.63, 3.8) is 0 Å². The second-order valence-corrected chi connectivity index (χ2v) is 6.69. The number of likely N-dealkylation sites (tertiary alicyclic amines) is 1. The number of nitrogens with one attached hydrogen (secondary N) is 1. The van der Waals surface area contributed by atoms with E-state index in [9.17, 15) is 5.11 Å². The summed E-state index contributed by atoms with van der Waals surface area (Å²) in [5.74, 6) is 0. The summed E-state index contributed by atoms with van der Waals surface area (Å²) in [4.78, 5) is 2.55. The van der Waals surface area contributed by atoms with Crippen molar-refractivity contribution >= 4 is 0 Å². The van der Waals surface area contributed by atoms with Gasteiger partial charge < -0.3 is 10.4 Å². The molecule has 3 heteroatoms. The first-order chi connectivity index (χ1) is 8.65. The van der Waals surface area contributed by atoms with Crippen LogP contribution in [0.25, 0.3) is 0 Å². The van der Waals surface area contributed by atoms with Crippen molar-refractivity contribution in [2.24, 2.45) is 5.41 Å². The predicted octanol–water partition coefficient (Wildman–Crippen LogP) is 2.00. The van der Waals surface area contributed by atoms with Crippen LogP contribution in [0.5, 0.6) is 0 Å². The summed E-state index contributed by atoms with van der Waals surface area (Å²) in [6.45, 7) is 8.34. The second-order valence-electron chi connectivity index (χ2n) is 6.69. The average molecular weight is 254 g/mol. The molecule has 2 N–H and O–H groups in total. The molecule has 0 aromatic carbocycles. The highest BCUT2D eigenvalue weighted by Crippen LogP contribution is 2.39. The molecule has 0 radical (unpaired) electrons. The molecule has 0 amide bonds. The van der Waals surface area contributed by atoms with Crippen LogP contribution in [-0.4, -0.2) is 48.3 Å². The molecule has 1 aliphatic heterocycles. The summed E-state index contributed by atoms with van der Waals surface area (Å²) in [5.41, 5.74) is 0.474. The molecule has 2 rings (SSSR count). The van der Waals surface area contributed by atoms with Crippen molar-refractivity contribution in [1.82, 2.24) is 10.2 Å². The highest BCUT2D eigenvalue weighted by atomic mass is 16.3. The third kappa shape index (κ3) is 3.46. The Morgan fingerprint density at radius 2 is 2.00 bits per heavy atom. The van der Waals surface area contributed by atoms with E-state index in [0.717, 1.165) is 6.54 Å². The number of rotatable bonds is 6. The number of aliphatic hydroxyl groups excluding tert-OH is 1. The number of aliphatic hydroxyl groups is 1. The second kappa shape index (κ2) is 6.36. The maximum absolute atomic E-state index is 9.46. The summed E-state index contributed by atoms with van der Waals surface area (Å²) in [6.07, 6.45) is 7.95. The molecule has 3 nitrogen and oxygen atoms in total. The van der Waals surface area contributed by atoms with E-state index in [-0.39, 0.29) is 0 Å². The van der Waals surface area contributed by atoms with E-state index >= 15 is 0 Å². The maximum atomic E-state index is 9.46. The number of hydrogen-bond acceptors (Lipinski definition) is 3. The van der Waals surface area contributed by atoms with Gasteiger partial charge in [0, 0.05) is 25.2 Å². The van der Waals surface area contributed by atoms with Gasteiger partial charge in [-0.25, -0.2) is 0 Å². The maximum Gasteiger partial charge on any atom is 0.0586 e. The molecule has 18 heavy (non-hydrogen) atoms. The Bertz CT molecular complexity index is 249. The lowest BCUT2D eigenvalue weighted by atomic mass is 9.85. The van der Waals surface area contributed by atoms with Crippen molar-refractivity contribution in [1.29, 1.82) is 0 Å². The van der Waals surface area contributed by atoms with Crippen LogP contribution in [0.2, 0.25) is 0 Å². The van der Waals surface area contributed by atoms with Crippen molar-refractivity contribution in [3.05, 3.63) is 0 Å². The van der Waals surface area contributed by atoms with Crippen molar-refractivity contribution in [2.45, 2.75) is 64.5 Å². The zero-order valence-corrected chi connectivity index (χ0v) is 12.1. The Morgan fingerprint density at radius 1 is 1.28 bits per heavy atom. The van der Waals surface area contributed by atoms with Crippen LogP contribution in [0, 0.1) is 5.41 Å². The van der Waals surface area contributed by atoms with Crippen molar-refractivity contribution in [3.8, 4) is 0 Å². The van der Waals surface area contributed by atoms with Gasteiger partial charge in [-0.3, -0.25) is 4.90 Å². The van der Waals surface area contributed by atoms with Gasteiger partial charge >= 0.3 is 0 Å². The summed E-state index contributed by atoms with van der Waals surface area (Å²) in [6, 6.07) is 1.01. The highest BCUT2D eigenvalue weighted by Gasteiger charge is 2.38. The van der Waals surface area contributed by atoms with Gasteiger partial charge in [0.25, 0.3) is 0 Å². The topological polar surface area (TPSA) is 35.5 Å². The van der Waals surface area contributed by atoms with Crippen molar-refractivity contribution in [2.75, 3.05) is 26.2 Å². The fourth-order valence-corrected chi connectivity index (χ4v) is 3.68. The monoisotopic (exact) mass is 254 g/mol. The van der Waals surface area contributed by atoms with Gasteiger partial charge in [-0.15, -0.1) is 0 Å². The van der Waals surface area contributed by atoms with E-state index in [2.05, 4.69) is 24.1 Å². The fourth-order valence-electron chi connectivity index (χ4n) is 3.68. The van der Waals surface area contributed by atoms with Gasteiger partial charge in [0.05, 0.1) is 6.61 Å². The van der Waals surface area contributed by atoms with Crippen LogP contribution in [-0.2, 0) is 0 Å². The predicted molar refractivity (Wildman–Crippen MR) is 75.7 cm³/mol. The summed E-state index contributed by atoms with van der Waals surface area (Å²) < 4.78 is 0. The van der Waals surface area contributed by atoms with Gasteiger partial charge in [0.1, 0.15) is 0 Å². The summed E-state index contributed by atoms with van der Waals surface area (Å²) in [5, 5.41) is 13.1. The number of hydrogen-bond donors (Lipinski definition) is 2. The van der Waals surface area contributed by atoms with Gasteiger partial charge in [0.15, 0.2) is 0 Å². The third-order valence-electron chi connectivity index (χ3n) is 4.80. The Morgan fingerprint density at radius 3 is 2.61 bits per heavy atom. The number of nitrogens with zero attached hydrogens (tertiary/aromatic N) is 1. The van der Waals surface area contributed by atoms with E-state index in [1.807, 2.05) is 0 Å². The minimum Gasteiger partial charge on any atom is -0.395 e. The SMILES string of the molecule is CC(C)NCC1(CN2CCCC2CO)CCCC1. The Hall–Kier alpha value is -0.120. The van der Waals surface area contributed by atoms with Crippen LogP contribution in [0.15, 0.2) is 0 Å². The van der Waals surface area contributed by atoms with Gasteiger partial charge in [-0.1, -0.05) is 26.7 Å². The smallest absolute Gasteiger partial charge is 0.0586 e. The molecule has 1 saturated heterocycles. The van der Waals surface area contributed by atoms with Crippen LogP contribution in [0.1, 0.15) is 52.4 Å². The molecule has 2 fully saturated rings. The molecule has 106 valence electrons. The Kier molecular flexibility index (Phi) is 5.05. The first kappa shape index (κ1) is 14.3. The summed E-state index contributed by atoms with van der Waals surface area (Å²) >= 11 is 0. The lowest BCUT2D eigenvalue weighted by Crippen LogP contribution is -2.46. The third-order valence-corrected chi connectivity index (χ3v) is 4.80. The highest BCUT2D eigenvalue weighted by molar-refractivity contribution is 4.92. The molecule has 1 saturated carbocycles. The molecule has 2 aliphatic rings. The van der Waals surface area contributed by atoms with Crippen LogP contribution < -0.4 is 5.32 Å². The lowest BCUT2D eigenvalue weighted by molar-refractivity contribution is 0.101. The largest absolute Gasteiger partial charge is 0.395 e. The molecule has 1 aliphatic carbocycles. The average Bonchev–Trinajstić information content (AvgIpc) is 2.97. The quantitative estimate of drug-likeness (QED) is 0.761. The van der Waals surface area contributed by atoms with Gasteiger partial charge in [-0.2, -0.15) is 0 Å². The minimum atomic E-state index is 0.341. The van der Waals surface area contributed by atoms with Crippen LogP contribution >= 0.6 is 0 Å². The first-order valence-electron chi connectivity index (χ1n) is 7.73. The first-order valence-corrected chi connectivity index (χ1v) is 7.73. The molecule has 0 bridgehead atoms. The Balaban J connectivity index is 1.92. The summed E-state index contributed by atoms with van der Waals surface area (Å²) in [7, 11) is 0. The molecular weight excluding hydrogens is 224 g/mol. The molecule has 0 spiro atoms. The lowest BCUT2D eigenvalue weighted by Gasteiger charge is -2.36. The minimum absolute atomic E-state index is 0.341. The van der Waals surface area contributed by atoms with Crippen LogP contribution in [0.4, 0.5) is 0 Å². The van der Waals surface area contributed by atoms with Crippen molar-refractivity contribution < 1.29 is 5.11 Å². The normalized spacial score (nSPS) is 28.3. The van der Waals surface area contributed by atoms with E-state index in [1.54, 1.807) is 0 Å². The zero-order chi connectivity index (χ0) is 13.0. The standard InChI is InChI=1S/C15H30N2O/c1-13(2)16-11-15(7-3-4-8-15)12-17-9-5-6-14(17)10-18/h13-14,16,18H,3-12H2,1-2H3. The molecule has 0 aromatic rings. The van der Waals surface area contributed by atoms with E-state index in [1.165, 1.54) is 51.6 Å². The van der Waals surface area contributed by atoms with Gasteiger partial charge in [-0.05, 0) is 37.6 Å². The molecule has 1 atom stereocenters. The molecular formula is C15H30N2O. The fraction of sp³-hybridized carbons (Fsp3) is 1.00. The van der Waals surface area contributed by atoms with Crippen LogP contribution in [0.3, 0.4) is 0 Å². The molecule has 1 unspecified atom stereocenters. The van der Waals surface area contributed by atoms with E-state index in [0.29, 0.717) is 24.1 Å². The Labute approximate surface area is 112 Å². The molecule has 1 heterocycles.